The summed E-state index contributed by atoms with van der Waals surface area (Å²) in [6, 6.07) is 11.7. The minimum Gasteiger partial charge on any atom is -0.490 e. The molecular weight excluding hydrogens is 640 g/mol. The van der Waals surface area contributed by atoms with Gasteiger partial charge in [0.25, 0.3) is 5.91 Å². The van der Waals surface area contributed by atoms with Gasteiger partial charge < -0.3 is 14.7 Å². The number of rotatable bonds is 3. The molecular formula is C36H49ClN2O5S2. The molecule has 2 bridgehead atoms. The second-order valence-corrected chi connectivity index (χ2v) is 19.0. The van der Waals surface area contributed by atoms with Crippen molar-refractivity contribution in [2.45, 2.75) is 87.9 Å². The average molecular weight is 689 g/mol. The van der Waals surface area contributed by atoms with Gasteiger partial charge >= 0.3 is 0 Å². The summed E-state index contributed by atoms with van der Waals surface area (Å²) in [7, 11) is -3.95. The van der Waals surface area contributed by atoms with Crippen LogP contribution in [0.5, 0.6) is 5.75 Å². The highest BCUT2D eigenvalue weighted by Crippen LogP contribution is 2.49. The first-order valence-corrected chi connectivity index (χ1v) is 20.7. The Bertz CT molecular complexity index is 1620. The smallest absolute Gasteiger partial charge is 0.262 e. The molecule has 46 heavy (non-hydrogen) atoms. The fraction of sp³-hybridized carbons (Fsp3) is 0.611. The molecule has 1 fully saturated rings. The Hall–Kier alpha value is -2.07. The molecule has 6 rings (SSSR count). The Balaban J connectivity index is 1.43. The Morgan fingerprint density at radius 3 is 2.70 bits per heavy atom. The average Bonchev–Trinajstić information content (AvgIpc) is 3.14. The number of ether oxygens (including phenoxy) is 1. The number of carbonyl (C=O) groups excluding carboxylic acids is 1. The van der Waals surface area contributed by atoms with Crippen molar-refractivity contribution in [2.24, 2.45) is 17.8 Å². The minimum absolute atomic E-state index is 0.0281. The zero-order valence-electron chi connectivity index (χ0n) is 27.4. The fourth-order valence-corrected chi connectivity index (χ4v) is 10.8. The van der Waals surface area contributed by atoms with Crippen LogP contribution in [0.25, 0.3) is 0 Å². The van der Waals surface area contributed by atoms with E-state index in [4.69, 9.17) is 16.3 Å². The lowest BCUT2D eigenvalue weighted by molar-refractivity contribution is -0.0902. The molecule has 10 heteroatoms. The Kier molecular flexibility index (Phi) is 9.62. The summed E-state index contributed by atoms with van der Waals surface area (Å²) in [6.45, 7) is 5.87. The number of benzene rings is 2. The number of fused-ring (bicyclic) bond motifs is 4. The normalized spacial score (nSPS) is 35.5. The Labute approximate surface area is 282 Å². The quantitative estimate of drug-likeness (QED) is 0.390. The molecule has 252 valence electrons. The van der Waals surface area contributed by atoms with Crippen molar-refractivity contribution in [3.63, 3.8) is 0 Å². The largest absolute Gasteiger partial charge is 0.490 e. The molecule has 2 aromatic carbocycles. The van der Waals surface area contributed by atoms with Gasteiger partial charge in [0, 0.05) is 57.1 Å². The third-order valence-electron chi connectivity index (χ3n) is 11.6. The van der Waals surface area contributed by atoms with E-state index in [-0.39, 0.29) is 28.4 Å². The van der Waals surface area contributed by atoms with E-state index in [9.17, 15) is 18.3 Å². The summed E-state index contributed by atoms with van der Waals surface area (Å²) in [5, 5.41) is 12.7. The van der Waals surface area contributed by atoms with Gasteiger partial charge in [0.15, 0.2) is 0 Å². The van der Waals surface area contributed by atoms with Gasteiger partial charge in [-0.3, -0.25) is 13.7 Å². The molecule has 7 nitrogen and oxygen atoms in total. The summed E-state index contributed by atoms with van der Waals surface area (Å²) < 4.78 is 35.4. The molecule has 2 aromatic rings. The lowest BCUT2D eigenvalue weighted by atomic mass is 9.62. The van der Waals surface area contributed by atoms with Gasteiger partial charge in [0.1, 0.15) is 5.75 Å². The van der Waals surface area contributed by atoms with E-state index in [2.05, 4.69) is 27.6 Å². The number of hydrogen-bond donors (Lipinski definition) is 2. The van der Waals surface area contributed by atoms with E-state index < -0.39 is 32.0 Å². The monoisotopic (exact) mass is 688 g/mol. The molecule has 2 aliphatic carbocycles. The number of halogens is 1. The lowest BCUT2D eigenvalue weighted by Gasteiger charge is -2.50. The highest BCUT2D eigenvalue weighted by atomic mass is 35.5. The molecule has 0 aromatic heterocycles. The molecule has 8 atom stereocenters. The van der Waals surface area contributed by atoms with Crippen molar-refractivity contribution in [1.82, 2.24) is 4.72 Å². The van der Waals surface area contributed by atoms with Crippen molar-refractivity contribution >= 4 is 49.6 Å². The zero-order chi connectivity index (χ0) is 32.9. The second kappa shape index (κ2) is 13.1. The molecule has 0 radical (unpaired) electrons. The lowest BCUT2D eigenvalue weighted by Crippen LogP contribution is -2.53. The molecule has 0 saturated heterocycles. The van der Waals surface area contributed by atoms with E-state index in [0.717, 1.165) is 61.4 Å². The van der Waals surface area contributed by atoms with Crippen LogP contribution in [-0.4, -0.2) is 67.9 Å². The summed E-state index contributed by atoms with van der Waals surface area (Å²) >= 11 is 6.44. The molecule has 2 aliphatic heterocycles. The highest BCUT2D eigenvalue weighted by molar-refractivity contribution is 7.99. The highest BCUT2D eigenvalue weighted by Gasteiger charge is 2.48. The van der Waals surface area contributed by atoms with E-state index in [1.54, 1.807) is 12.3 Å². The van der Waals surface area contributed by atoms with Crippen molar-refractivity contribution in [1.29, 1.82) is 0 Å². The maximum atomic E-state index is 13.8. The standard InChI is InChI=1S/C36H49ClN2O5S2/c1-24-7-5-16-36(41,17-18-45(3)42)31-12-9-28(31)21-39-22-35(15-6-8-26-19-29(37)11-13-30(26)35)23-44-33-14-10-27(20-32(33)39)34(40)38-46(4,43)25(24)2/h10-11,13-14,19-20,24-25,28,31,41H,4-9,12,15-18,21-23H2,1-3H3,(H,38,40,43)/t24-,25+,28-,31+,35-,36+,45-,46?/m0/s1. The first-order valence-electron chi connectivity index (χ1n) is 16.8. The number of hydrogen-bond acceptors (Lipinski definition) is 6. The van der Waals surface area contributed by atoms with E-state index in [1.165, 1.54) is 11.1 Å². The van der Waals surface area contributed by atoms with Crippen LogP contribution in [0, 0.1) is 17.8 Å². The first-order chi connectivity index (χ1) is 21.8. The molecule has 4 aliphatic rings. The maximum Gasteiger partial charge on any atom is 0.262 e. The Morgan fingerprint density at radius 2 is 1.96 bits per heavy atom. The SMILES string of the molecule is C=S1(=O)NC(=O)c2ccc3c(c2)N(C[C@@H]2CC[C@H]2[C@](O)(CC[S@](C)=O)CCC[C@H](C)[C@H]1C)C[C@@]1(CCCc2cc(Cl)ccc21)CO3. The van der Waals surface area contributed by atoms with Gasteiger partial charge in [-0.15, -0.1) is 0 Å². The minimum atomic E-state index is -2.95. The van der Waals surface area contributed by atoms with Crippen molar-refractivity contribution < 1.29 is 23.1 Å². The number of amides is 1. The molecule has 1 unspecified atom stereocenters. The van der Waals surface area contributed by atoms with Crippen LogP contribution >= 0.6 is 11.6 Å². The van der Waals surface area contributed by atoms with Gasteiger partial charge in [-0.1, -0.05) is 31.0 Å². The van der Waals surface area contributed by atoms with Crippen molar-refractivity contribution in [3.8, 4) is 5.75 Å². The topological polar surface area (TPSA) is 95.9 Å². The van der Waals surface area contributed by atoms with Crippen LogP contribution in [0.4, 0.5) is 5.69 Å². The van der Waals surface area contributed by atoms with Crippen molar-refractivity contribution in [3.05, 3.63) is 58.1 Å². The van der Waals surface area contributed by atoms with Gasteiger partial charge in [-0.2, -0.15) is 0 Å². The predicted molar refractivity (Wildman–Crippen MR) is 190 cm³/mol. The Morgan fingerprint density at radius 1 is 1.15 bits per heavy atom. The van der Waals surface area contributed by atoms with Gasteiger partial charge in [-0.05, 0) is 123 Å². The van der Waals surface area contributed by atoms with Crippen LogP contribution in [0.15, 0.2) is 36.4 Å². The van der Waals surface area contributed by atoms with Crippen molar-refractivity contribution in [2.75, 3.05) is 36.6 Å². The number of carbonyl (C=O) groups is 1. The van der Waals surface area contributed by atoms with Crippen LogP contribution in [-0.2, 0) is 32.3 Å². The number of nitrogens with zero attached hydrogens (tertiary/aromatic N) is 1. The summed E-state index contributed by atoms with van der Waals surface area (Å²) in [5.74, 6) is 5.14. The molecule has 1 amide bonds. The van der Waals surface area contributed by atoms with Crippen LogP contribution in [0.3, 0.4) is 0 Å². The third-order valence-corrected chi connectivity index (χ3v) is 14.8. The molecule has 1 saturated carbocycles. The van der Waals surface area contributed by atoms with E-state index in [0.29, 0.717) is 43.9 Å². The fourth-order valence-electron chi connectivity index (χ4n) is 8.50. The third kappa shape index (κ3) is 6.63. The number of aliphatic hydroxyl groups is 1. The summed E-state index contributed by atoms with van der Waals surface area (Å²) in [4.78, 5) is 16.0. The van der Waals surface area contributed by atoms with Crippen LogP contribution in [0.1, 0.15) is 86.7 Å². The van der Waals surface area contributed by atoms with Gasteiger partial charge in [0.05, 0.1) is 27.6 Å². The molecule has 2 heterocycles. The zero-order valence-corrected chi connectivity index (χ0v) is 29.8. The first kappa shape index (κ1) is 33.8. The van der Waals surface area contributed by atoms with E-state index in [1.807, 2.05) is 32.0 Å². The van der Waals surface area contributed by atoms with Gasteiger partial charge in [-0.25, -0.2) is 4.21 Å². The number of nitrogens with one attached hydrogen (secondary N) is 1. The number of aryl methyl sites for hydroxylation is 1. The molecule has 1 spiro atoms. The second-order valence-electron chi connectivity index (χ2n) is 14.6. The van der Waals surface area contributed by atoms with Crippen LogP contribution in [0.2, 0.25) is 5.02 Å². The van der Waals surface area contributed by atoms with Crippen LogP contribution < -0.4 is 14.4 Å². The predicted octanol–water partition coefficient (Wildman–Crippen LogP) is 5.91. The van der Waals surface area contributed by atoms with Gasteiger partial charge in [0.2, 0.25) is 0 Å². The summed E-state index contributed by atoms with van der Waals surface area (Å²) in [5.41, 5.74) is 2.62. The molecule has 2 N–H and O–H groups in total. The maximum absolute atomic E-state index is 13.8. The summed E-state index contributed by atoms with van der Waals surface area (Å²) in [6.07, 6.45) is 9.25. The number of anilines is 1. The van der Waals surface area contributed by atoms with E-state index >= 15 is 0 Å².